The summed E-state index contributed by atoms with van der Waals surface area (Å²) in [6.45, 7) is 0. The Morgan fingerprint density at radius 1 is 1.38 bits per heavy atom. The highest BCUT2D eigenvalue weighted by molar-refractivity contribution is 6.13. The molecule has 0 aliphatic heterocycles. The number of hydrogen-bond donors (Lipinski definition) is 2. The number of carbonyl (C=O) groups is 2. The van der Waals surface area contributed by atoms with Crippen molar-refractivity contribution < 1.29 is 19.8 Å². The van der Waals surface area contributed by atoms with Crippen molar-refractivity contribution >= 4 is 17.6 Å². The number of carboxylic acids is 2. The van der Waals surface area contributed by atoms with Crippen LogP contribution in [0.1, 0.15) is 0 Å². The van der Waals surface area contributed by atoms with Crippen LogP contribution in [0.25, 0.3) is 5.70 Å². The fourth-order valence-corrected chi connectivity index (χ4v) is 0.754. The van der Waals surface area contributed by atoms with Gasteiger partial charge in [-0.15, -0.1) is 0 Å². The second-order valence-corrected chi connectivity index (χ2v) is 2.12. The highest BCUT2D eigenvalue weighted by Gasteiger charge is 2.11. The number of carboxylic acid groups (broad SMARTS) is 2. The predicted molar refractivity (Wildman–Crippen MR) is 41.8 cm³/mol. The van der Waals surface area contributed by atoms with Crippen LogP contribution in [0.15, 0.2) is 24.5 Å². The van der Waals surface area contributed by atoms with Crippen LogP contribution in [0.4, 0.5) is 0 Å². The lowest BCUT2D eigenvalue weighted by atomic mass is 10.4. The maximum Gasteiger partial charge on any atom is 0.354 e. The van der Waals surface area contributed by atoms with E-state index in [9.17, 15) is 9.59 Å². The maximum atomic E-state index is 10.5. The third-order valence-corrected chi connectivity index (χ3v) is 1.23. The third-order valence-electron chi connectivity index (χ3n) is 1.23. The van der Waals surface area contributed by atoms with E-state index < -0.39 is 17.6 Å². The fraction of sp³-hybridized carbons (Fsp3) is 0. The Morgan fingerprint density at radius 3 is 2.46 bits per heavy atom. The molecule has 0 bridgehead atoms. The van der Waals surface area contributed by atoms with E-state index in [2.05, 4.69) is 5.10 Å². The Bertz CT molecular complexity index is 353. The first-order valence-corrected chi connectivity index (χ1v) is 3.29. The molecule has 1 aromatic heterocycles. The van der Waals surface area contributed by atoms with Gasteiger partial charge in [0.15, 0.2) is 5.70 Å². The average Bonchev–Trinajstić information content (AvgIpc) is 2.50. The normalized spacial score (nSPS) is 11.2. The first-order valence-electron chi connectivity index (χ1n) is 3.29. The molecule has 0 radical (unpaired) electrons. The van der Waals surface area contributed by atoms with Crippen molar-refractivity contribution in [3.8, 4) is 0 Å². The van der Waals surface area contributed by atoms with E-state index >= 15 is 0 Å². The van der Waals surface area contributed by atoms with Crippen molar-refractivity contribution in [3.05, 3.63) is 24.5 Å². The van der Waals surface area contributed by atoms with Crippen molar-refractivity contribution in [2.45, 2.75) is 0 Å². The number of rotatable bonds is 3. The Kier molecular flexibility index (Phi) is 2.44. The molecule has 2 N–H and O–H groups in total. The van der Waals surface area contributed by atoms with E-state index in [1.807, 2.05) is 0 Å². The first kappa shape index (κ1) is 8.98. The minimum absolute atomic E-state index is 0.405. The summed E-state index contributed by atoms with van der Waals surface area (Å²) >= 11 is 0. The molecular formula is C7H6N2O4. The summed E-state index contributed by atoms with van der Waals surface area (Å²) in [7, 11) is 0. The molecule has 0 amide bonds. The quantitative estimate of drug-likeness (QED) is 0.636. The van der Waals surface area contributed by atoms with Crippen molar-refractivity contribution in [2.24, 2.45) is 0 Å². The van der Waals surface area contributed by atoms with Crippen LogP contribution in [0.5, 0.6) is 0 Å². The lowest BCUT2D eigenvalue weighted by Gasteiger charge is -1.99. The van der Waals surface area contributed by atoms with Gasteiger partial charge < -0.3 is 10.2 Å². The smallest absolute Gasteiger partial charge is 0.354 e. The van der Waals surface area contributed by atoms with Crippen molar-refractivity contribution in [1.29, 1.82) is 0 Å². The van der Waals surface area contributed by atoms with Crippen molar-refractivity contribution in [2.75, 3.05) is 0 Å². The lowest BCUT2D eigenvalue weighted by Crippen LogP contribution is -2.10. The first-order chi connectivity index (χ1) is 6.11. The van der Waals surface area contributed by atoms with Crippen molar-refractivity contribution in [3.63, 3.8) is 0 Å². The molecule has 6 heteroatoms. The average molecular weight is 182 g/mol. The molecule has 1 rings (SSSR count). The summed E-state index contributed by atoms with van der Waals surface area (Å²) in [4.78, 5) is 20.8. The molecule has 0 aliphatic carbocycles. The van der Waals surface area contributed by atoms with Gasteiger partial charge in [0.05, 0.1) is 6.08 Å². The van der Waals surface area contributed by atoms with Gasteiger partial charge in [-0.3, -0.25) is 0 Å². The Labute approximate surface area is 72.7 Å². The van der Waals surface area contributed by atoms with Gasteiger partial charge in [0.25, 0.3) is 0 Å². The lowest BCUT2D eigenvalue weighted by molar-refractivity contribution is -0.133. The van der Waals surface area contributed by atoms with Crippen LogP contribution in [-0.4, -0.2) is 31.9 Å². The SMILES string of the molecule is O=C(O)/C=C(/C(=O)O)n1cccn1. The van der Waals surface area contributed by atoms with Crippen LogP contribution in [0, 0.1) is 0 Å². The van der Waals surface area contributed by atoms with Crippen LogP contribution >= 0.6 is 0 Å². The monoisotopic (exact) mass is 182 g/mol. The van der Waals surface area contributed by atoms with Crippen LogP contribution < -0.4 is 0 Å². The zero-order chi connectivity index (χ0) is 9.84. The minimum Gasteiger partial charge on any atom is -0.478 e. The molecule has 6 nitrogen and oxygen atoms in total. The third kappa shape index (κ3) is 2.16. The fourth-order valence-electron chi connectivity index (χ4n) is 0.754. The number of hydrogen-bond acceptors (Lipinski definition) is 3. The Morgan fingerprint density at radius 2 is 2.08 bits per heavy atom. The summed E-state index contributed by atoms with van der Waals surface area (Å²) in [5.74, 6) is -2.67. The highest BCUT2D eigenvalue weighted by Crippen LogP contribution is 2.01. The predicted octanol–water partition coefficient (Wildman–Crippen LogP) is -0.107. The summed E-state index contributed by atoms with van der Waals surface area (Å²) in [5.41, 5.74) is -0.405. The van der Waals surface area contributed by atoms with Gasteiger partial charge >= 0.3 is 11.9 Å². The van der Waals surface area contributed by atoms with E-state index in [-0.39, 0.29) is 0 Å². The molecular weight excluding hydrogens is 176 g/mol. The van der Waals surface area contributed by atoms with E-state index in [1.165, 1.54) is 18.5 Å². The van der Waals surface area contributed by atoms with Gasteiger partial charge in [0.1, 0.15) is 0 Å². The van der Waals surface area contributed by atoms with E-state index in [0.29, 0.717) is 6.08 Å². The van der Waals surface area contributed by atoms with Gasteiger partial charge in [0.2, 0.25) is 0 Å². The van der Waals surface area contributed by atoms with E-state index in [4.69, 9.17) is 10.2 Å². The molecule has 0 spiro atoms. The van der Waals surface area contributed by atoms with Gasteiger partial charge in [-0.1, -0.05) is 0 Å². The maximum absolute atomic E-state index is 10.5. The Balaban J connectivity index is 3.08. The molecule has 0 unspecified atom stereocenters. The van der Waals surface area contributed by atoms with Crippen LogP contribution in [-0.2, 0) is 9.59 Å². The summed E-state index contributed by atoms with van der Waals surface area (Å²) in [6, 6.07) is 1.50. The Hall–Kier alpha value is -2.11. The topological polar surface area (TPSA) is 92.4 Å². The molecule has 0 aliphatic rings. The van der Waals surface area contributed by atoms with E-state index in [1.54, 1.807) is 0 Å². The number of nitrogens with zero attached hydrogens (tertiary/aromatic N) is 2. The standard InChI is InChI=1S/C7H6N2O4/c10-6(11)4-5(7(12)13)9-3-1-2-8-9/h1-4H,(H,10,11)(H,12,13)/b5-4-. The molecule has 13 heavy (non-hydrogen) atoms. The summed E-state index contributed by atoms with van der Waals surface area (Å²) in [5, 5.41) is 20.5. The number of aliphatic carboxylic acids is 2. The second kappa shape index (κ2) is 3.53. The van der Waals surface area contributed by atoms with Crippen LogP contribution in [0.3, 0.4) is 0 Å². The van der Waals surface area contributed by atoms with E-state index in [0.717, 1.165) is 4.68 Å². The van der Waals surface area contributed by atoms with Gasteiger partial charge in [-0.05, 0) is 6.07 Å². The zero-order valence-corrected chi connectivity index (χ0v) is 6.41. The molecule has 1 heterocycles. The van der Waals surface area contributed by atoms with Gasteiger partial charge in [-0.2, -0.15) is 5.10 Å². The zero-order valence-electron chi connectivity index (χ0n) is 6.41. The summed E-state index contributed by atoms with van der Waals surface area (Å²) in [6.07, 6.45) is 3.29. The number of aromatic nitrogens is 2. The molecule has 1 aromatic rings. The molecule has 0 fully saturated rings. The molecule has 0 aromatic carbocycles. The minimum atomic E-state index is -1.34. The highest BCUT2D eigenvalue weighted by atomic mass is 16.4. The largest absolute Gasteiger partial charge is 0.478 e. The molecule has 0 saturated heterocycles. The molecule has 68 valence electrons. The van der Waals surface area contributed by atoms with Crippen LogP contribution in [0.2, 0.25) is 0 Å². The summed E-state index contributed by atoms with van der Waals surface area (Å²) < 4.78 is 0.969. The molecule has 0 atom stereocenters. The van der Waals surface area contributed by atoms with Crippen molar-refractivity contribution in [1.82, 2.24) is 9.78 Å². The molecule has 0 saturated carbocycles. The van der Waals surface area contributed by atoms with Gasteiger partial charge in [-0.25, -0.2) is 14.3 Å². The second-order valence-electron chi connectivity index (χ2n) is 2.12. The van der Waals surface area contributed by atoms with Gasteiger partial charge in [0, 0.05) is 12.4 Å².